The van der Waals surface area contributed by atoms with Crippen LogP contribution in [0.3, 0.4) is 0 Å². The molecule has 5 aliphatic rings. The minimum Gasteiger partial charge on any atom is -0.497 e. The van der Waals surface area contributed by atoms with Crippen LogP contribution in [0.2, 0.25) is 0 Å². The van der Waals surface area contributed by atoms with Crippen molar-refractivity contribution in [3.63, 3.8) is 0 Å². The zero-order chi connectivity index (χ0) is 39.6. The molecule has 298 valence electrons. The molecule has 1 saturated carbocycles. The SMILES string of the molecule is C#CC1(O)C[C@H]2CC[C@@H](C1)N2C(=O)c1cnn(C)c1C1=Cc2cc(OC)ccc2-c2c(C3CCCCC3)c3ccc(C(=O)NS(=O)(=O)N4CCOCC4)cc3n2C1. The number of aromatic nitrogens is 3. The molecule has 57 heavy (non-hydrogen) atoms. The quantitative estimate of drug-likeness (QED) is 0.246. The topological polar surface area (TPSA) is 148 Å². The minimum atomic E-state index is -4.09. The predicted octanol–water partition coefficient (Wildman–Crippen LogP) is 5.09. The van der Waals surface area contributed by atoms with Crippen LogP contribution in [0.4, 0.5) is 0 Å². The van der Waals surface area contributed by atoms with Crippen LogP contribution < -0.4 is 9.46 Å². The molecule has 1 unspecified atom stereocenters. The first-order valence-corrected chi connectivity index (χ1v) is 21.4. The maximum absolute atomic E-state index is 14.7. The molecule has 1 aliphatic carbocycles. The molecule has 2 amide bonds. The van der Waals surface area contributed by atoms with Gasteiger partial charge in [0.05, 0.1) is 50.0 Å². The van der Waals surface area contributed by atoms with Crippen LogP contribution in [0.15, 0.2) is 42.6 Å². The van der Waals surface area contributed by atoms with Gasteiger partial charge >= 0.3 is 10.2 Å². The molecule has 0 radical (unpaired) electrons. The van der Waals surface area contributed by atoms with Gasteiger partial charge in [-0.15, -0.1) is 6.42 Å². The number of hydrogen-bond acceptors (Lipinski definition) is 8. The van der Waals surface area contributed by atoms with E-state index < -0.39 is 21.7 Å². The number of hydrogen-bond donors (Lipinski definition) is 2. The van der Waals surface area contributed by atoms with Gasteiger partial charge in [0.1, 0.15) is 11.4 Å². The summed E-state index contributed by atoms with van der Waals surface area (Å²) in [6.45, 7) is 1.22. The third kappa shape index (κ3) is 6.54. The fourth-order valence-electron chi connectivity index (χ4n) is 10.1. The number of terminal acetylenes is 1. The number of methoxy groups -OCH3 is 1. The lowest BCUT2D eigenvalue weighted by Gasteiger charge is -2.41. The highest BCUT2D eigenvalue weighted by molar-refractivity contribution is 7.87. The molecule has 6 heterocycles. The summed E-state index contributed by atoms with van der Waals surface area (Å²) in [6, 6.07) is 11.2. The van der Waals surface area contributed by atoms with E-state index in [1.54, 1.807) is 30.1 Å². The molecule has 4 aliphatic heterocycles. The average Bonchev–Trinajstić information content (AvgIpc) is 3.82. The van der Waals surface area contributed by atoms with Gasteiger partial charge in [-0.2, -0.15) is 17.8 Å². The largest absolute Gasteiger partial charge is 0.497 e. The van der Waals surface area contributed by atoms with E-state index in [-0.39, 0.29) is 55.8 Å². The van der Waals surface area contributed by atoms with Gasteiger partial charge < -0.3 is 24.0 Å². The zero-order valence-corrected chi connectivity index (χ0v) is 33.2. The second kappa shape index (κ2) is 14.5. The van der Waals surface area contributed by atoms with Gasteiger partial charge in [0.2, 0.25) is 0 Å². The first-order chi connectivity index (χ1) is 27.5. The minimum absolute atomic E-state index is 0.137. The Morgan fingerprint density at radius 1 is 1.02 bits per heavy atom. The third-order valence-corrected chi connectivity index (χ3v) is 14.3. The van der Waals surface area contributed by atoms with Gasteiger partial charge in [-0.25, -0.2) is 4.72 Å². The van der Waals surface area contributed by atoms with E-state index in [4.69, 9.17) is 15.9 Å². The average molecular weight is 793 g/mol. The number of rotatable bonds is 7. The standard InChI is InChI=1S/C43H48N6O7S/c1-4-43(52)23-31-11-12-32(24-43)49(31)42(51)36-25-44-46(2)39(36)30-20-29-21-33(55-3)13-15-34(29)40-38(27-8-6-5-7-9-27)35-14-10-28(22-37(35)48(40)26-30)41(50)45-57(53,54)47-16-18-56-19-17-47/h1,10,13-15,20-22,25,27,31-32,52H,5-9,11-12,16-19,23-24,26H2,2-3H3,(H,45,50)/t31-,32+,43?. The molecule has 4 fully saturated rings. The van der Waals surface area contributed by atoms with Crippen LogP contribution >= 0.6 is 0 Å². The van der Waals surface area contributed by atoms with E-state index in [9.17, 15) is 23.1 Å². The molecule has 2 aromatic carbocycles. The van der Waals surface area contributed by atoms with Crippen molar-refractivity contribution in [2.24, 2.45) is 7.05 Å². The first-order valence-electron chi connectivity index (χ1n) is 20.0. The van der Waals surface area contributed by atoms with Crippen LogP contribution in [-0.4, -0.2) is 100.0 Å². The van der Waals surface area contributed by atoms with Crippen molar-refractivity contribution in [1.29, 1.82) is 0 Å². The van der Waals surface area contributed by atoms with Crippen molar-refractivity contribution in [2.75, 3.05) is 33.4 Å². The maximum Gasteiger partial charge on any atom is 0.304 e. The van der Waals surface area contributed by atoms with E-state index in [2.05, 4.69) is 32.5 Å². The van der Waals surface area contributed by atoms with Crippen LogP contribution in [0, 0.1) is 12.3 Å². The highest BCUT2D eigenvalue weighted by Crippen LogP contribution is 2.48. The lowest BCUT2D eigenvalue weighted by atomic mass is 9.81. The van der Waals surface area contributed by atoms with E-state index in [1.165, 1.54) is 16.3 Å². The smallest absolute Gasteiger partial charge is 0.304 e. The lowest BCUT2D eigenvalue weighted by molar-refractivity contribution is -0.00483. The summed E-state index contributed by atoms with van der Waals surface area (Å²) in [5, 5.41) is 16.7. The van der Waals surface area contributed by atoms with Gasteiger partial charge in [-0.1, -0.05) is 31.2 Å². The number of piperidine rings is 1. The fraction of sp³-hybridized carbons (Fsp3) is 0.465. The number of ether oxygens (including phenoxy) is 2. The van der Waals surface area contributed by atoms with E-state index in [0.717, 1.165) is 71.8 Å². The van der Waals surface area contributed by atoms with Crippen molar-refractivity contribution in [2.45, 2.75) is 87.9 Å². The molecule has 3 saturated heterocycles. The number of nitrogens with one attached hydrogen (secondary N) is 1. The summed E-state index contributed by atoms with van der Waals surface area (Å²) in [5.41, 5.74) is 5.96. The normalized spacial score (nSPS) is 24.0. The van der Waals surface area contributed by atoms with Gasteiger partial charge in [-0.3, -0.25) is 14.3 Å². The third-order valence-electron chi connectivity index (χ3n) is 12.8. The molecule has 0 spiro atoms. The summed E-state index contributed by atoms with van der Waals surface area (Å²) in [6.07, 6.45) is 17.2. The van der Waals surface area contributed by atoms with Gasteiger partial charge in [0, 0.05) is 67.1 Å². The summed E-state index contributed by atoms with van der Waals surface area (Å²) < 4.78 is 45.1. The zero-order valence-electron chi connectivity index (χ0n) is 32.4. The Morgan fingerprint density at radius 3 is 2.46 bits per heavy atom. The predicted molar refractivity (Wildman–Crippen MR) is 216 cm³/mol. The van der Waals surface area contributed by atoms with Crippen LogP contribution in [0.5, 0.6) is 5.75 Å². The number of allylic oxidation sites excluding steroid dienone is 1. The number of aryl methyl sites for hydroxylation is 1. The summed E-state index contributed by atoms with van der Waals surface area (Å²) in [7, 11) is -0.603. The fourth-order valence-corrected chi connectivity index (χ4v) is 11.3. The molecule has 2 bridgehead atoms. The Kier molecular flexibility index (Phi) is 9.55. The Balaban J connectivity index is 1.18. The lowest BCUT2D eigenvalue weighted by Crippen LogP contribution is -2.52. The molecular weight excluding hydrogens is 745 g/mol. The molecular formula is C43H48N6O7S. The monoisotopic (exact) mass is 792 g/mol. The van der Waals surface area contributed by atoms with Crippen molar-refractivity contribution >= 4 is 44.6 Å². The summed E-state index contributed by atoms with van der Waals surface area (Å²) in [5.74, 6) is 2.70. The van der Waals surface area contributed by atoms with Gasteiger partial charge in [-0.05, 0) is 84.7 Å². The van der Waals surface area contributed by atoms with Crippen molar-refractivity contribution in [1.82, 2.24) is 28.3 Å². The molecule has 9 rings (SSSR count). The Hall–Kier alpha value is -4.94. The van der Waals surface area contributed by atoms with E-state index >= 15 is 0 Å². The molecule has 4 aromatic rings. The van der Waals surface area contributed by atoms with Gasteiger partial charge in [0.25, 0.3) is 11.8 Å². The Labute approximate surface area is 332 Å². The number of morpholine rings is 1. The molecule has 2 aromatic heterocycles. The highest BCUT2D eigenvalue weighted by Gasteiger charge is 2.49. The molecule has 2 N–H and O–H groups in total. The molecule has 14 heteroatoms. The number of nitrogens with zero attached hydrogens (tertiary/aromatic N) is 5. The van der Waals surface area contributed by atoms with Gasteiger partial charge in [0.15, 0.2) is 0 Å². The van der Waals surface area contributed by atoms with Crippen molar-refractivity contribution < 1.29 is 32.6 Å². The summed E-state index contributed by atoms with van der Waals surface area (Å²) in [4.78, 5) is 30.4. The Morgan fingerprint density at radius 2 is 1.75 bits per heavy atom. The second-order valence-electron chi connectivity index (χ2n) is 16.2. The number of carbonyl (C=O) groups excluding carboxylic acids is 2. The highest BCUT2D eigenvalue weighted by atomic mass is 32.2. The first kappa shape index (κ1) is 37.6. The maximum atomic E-state index is 14.7. The molecule has 13 nitrogen and oxygen atoms in total. The number of fused-ring (bicyclic) bond motifs is 7. The van der Waals surface area contributed by atoms with Crippen LogP contribution in [-0.2, 0) is 28.5 Å². The number of carbonyl (C=O) groups is 2. The number of benzene rings is 2. The Bertz CT molecular complexity index is 2450. The van der Waals surface area contributed by atoms with Crippen molar-refractivity contribution in [3.05, 3.63) is 70.5 Å². The summed E-state index contributed by atoms with van der Waals surface area (Å²) >= 11 is 0. The van der Waals surface area contributed by atoms with E-state index in [1.807, 2.05) is 30.1 Å². The van der Waals surface area contributed by atoms with E-state index in [0.29, 0.717) is 36.4 Å². The second-order valence-corrected chi connectivity index (χ2v) is 17.9. The number of amides is 2. The molecule has 3 atom stereocenters. The van der Waals surface area contributed by atoms with Crippen LogP contribution in [0.1, 0.15) is 101 Å². The number of aliphatic hydroxyl groups is 1. The van der Waals surface area contributed by atoms with Crippen molar-refractivity contribution in [3.8, 4) is 29.4 Å². The van der Waals surface area contributed by atoms with Crippen LogP contribution in [0.25, 0.3) is 33.8 Å².